The molecule has 6 nitrogen and oxygen atoms in total. The van der Waals surface area contributed by atoms with Gasteiger partial charge >= 0.3 is 6.01 Å². The summed E-state index contributed by atoms with van der Waals surface area (Å²) >= 11 is 4.78. The summed E-state index contributed by atoms with van der Waals surface area (Å²) in [6, 6.07) is 0.244. The van der Waals surface area contributed by atoms with Crippen molar-refractivity contribution >= 4 is 23.0 Å². The van der Waals surface area contributed by atoms with Crippen LogP contribution in [0.25, 0.3) is 0 Å². The summed E-state index contributed by atoms with van der Waals surface area (Å²) in [6.45, 7) is 2.72. The molecule has 1 aromatic heterocycles. The fourth-order valence-corrected chi connectivity index (χ4v) is 1.41. The Hall–Kier alpha value is -1.63. The lowest BCUT2D eigenvalue weighted by Gasteiger charge is -2.11. The predicted octanol–water partition coefficient (Wildman–Crippen LogP) is 1.71. The number of unbranched alkanes of at least 4 members (excludes halogenated alkanes) is 2. The molecule has 0 aliphatic rings. The van der Waals surface area contributed by atoms with E-state index in [0.717, 1.165) is 19.3 Å². The van der Waals surface area contributed by atoms with E-state index in [1.807, 2.05) is 0 Å². The number of nitrogens with one attached hydrogen (secondary N) is 1. The van der Waals surface area contributed by atoms with Crippen LogP contribution in [0.2, 0.25) is 0 Å². The quantitative estimate of drug-likeness (QED) is 0.576. The Morgan fingerprint density at radius 3 is 2.89 bits per heavy atom. The molecule has 0 radical (unpaired) electrons. The number of aromatic nitrogens is 2. The standard InChI is InChI=1S/C11H18N4O2S/c1-3-4-5-6-17-9-8(14-10(12)18)7-13-11(15-9)16-2/h7H,3-6H2,1-2H3,(H3,12,14,18). The lowest BCUT2D eigenvalue weighted by Crippen LogP contribution is -2.20. The molecule has 0 atom stereocenters. The van der Waals surface area contributed by atoms with E-state index in [0.29, 0.717) is 18.2 Å². The van der Waals surface area contributed by atoms with Gasteiger partial charge in [0.1, 0.15) is 5.69 Å². The van der Waals surface area contributed by atoms with Crippen molar-refractivity contribution in [2.24, 2.45) is 5.73 Å². The lowest BCUT2D eigenvalue weighted by atomic mass is 10.3. The highest BCUT2D eigenvalue weighted by atomic mass is 32.1. The monoisotopic (exact) mass is 270 g/mol. The Balaban J connectivity index is 2.72. The van der Waals surface area contributed by atoms with Gasteiger partial charge in [-0.05, 0) is 18.6 Å². The van der Waals surface area contributed by atoms with Gasteiger partial charge in [0.05, 0.1) is 19.9 Å². The first-order valence-corrected chi connectivity index (χ1v) is 6.18. The minimum atomic E-state index is 0.141. The Bertz CT molecular complexity index is 401. The van der Waals surface area contributed by atoms with E-state index in [-0.39, 0.29) is 11.1 Å². The van der Waals surface area contributed by atoms with E-state index < -0.39 is 0 Å². The van der Waals surface area contributed by atoms with E-state index in [9.17, 15) is 0 Å². The average molecular weight is 270 g/mol. The topological polar surface area (TPSA) is 82.3 Å². The van der Waals surface area contributed by atoms with Crippen LogP contribution in [0.4, 0.5) is 5.69 Å². The van der Waals surface area contributed by atoms with Crippen LogP contribution in [-0.2, 0) is 0 Å². The molecule has 0 aromatic carbocycles. The highest BCUT2D eigenvalue weighted by Gasteiger charge is 2.09. The summed E-state index contributed by atoms with van der Waals surface area (Å²) in [6.07, 6.45) is 4.74. The van der Waals surface area contributed by atoms with Crippen molar-refractivity contribution in [2.45, 2.75) is 26.2 Å². The molecular weight excluding hydrogens is 252 g/mol. The van der Waals surface area contributed by atoms with Gasteiger partial charge < -0.3 is 20.5 Å². The Labute approximate surface area is 112 Å². The van der Waals surface area contributed by atoms with Crippen molar-refractivity contribution in [1.82, 2.24) is 9.97 Å². The zero-order valence-electron chi connectivity index (χ0n) is 10.6. The van der Waals surface area contributed by atoms with Gasteiger partial charge in [0.2, 0.25) is 5.88 Å². The molecule has 0 unspecified atom stereocenters. The van der Waals surface area contributed by atoms with Gasteiger partial charge in [0.15, 0.2) is 5.11 Å². The second kappa shape index (κ2) is 7.65. The zero-order valence-corrected chi connectivity index (χ0v) is 11.4. The molecule has 0 saturated carbocycles. The fourth-order valence-electron chi connectivity index (χ4n) is 1.30. The van der Waals surface area contributed by atoms with Crippen LogP contribution in [0.3, 0.4) is 0 Å². The van der Waals surface area contributed by atoms with Crippen LogP contribution in [0.15, 0.2) is 6.20 Å². The predicted molar refractivity (Wildman–Crippen MR) is 74.0 cm³/mol. The summed E-state index contributed by atoms with van der Waals surface area (Å²) in [5.74, 6) is 0.394. The maximum atomic E-state index is 5.57. The number of methoxy groups -OCH3 is 1. The van der Waals surface area contributed by atoms with Crippen molar-refractivity contribution in [3.63, 3.8) is 0 Å². The van der Waals surface area contributed by atoms with Crippen LogP contribution < -0.4 is 20.5 Å². The minimum Gasteiger partial charge on any atom is -0.476 e. The summed E-state index contributed by atoms with van der Waals surface area (Å²) in [5, 5.41) is 2.91. The third-order valence-electron chi connectivity index (χ3n) is 2.16. The molecule has 100 valence electrons. The number of rotatable bonds is 7. The van der Waals surface area contributed by atoms with Crippen molar-refractivity contribution < 1.29 is 9.47 Å². The minimum absolute atomic E-state index is 0.141. The molecule has 0 bridgehead atoms. The fraction of sp³-hybridized carbons (Fsp3) is 0.545. The van der Waals surface area contributed by atoms with Gasteiger partial charge in [0.25, 0.3) is 0 Å². The van der Waals surface area contributed by atoms with Crippen LogP contribution in [0.5, 0.6) is 11.9 Å². The Morgan fingerprint density at radius 2 is 2.28 bits per heavy atom. The summed E-state index contributed by atoms with van der Waals surface area (Å²) < 4.78 is 10.5. The molecule has 0 amide bonds. The molecule has 3 N–H and O–H groups in total. The van der Waals surface area contributed by atoms with Gasteiger partial charge in [0, 0.05) is 0 Å². The average Bonchev–Trinajstić information content (AvgIpc) is 2.35. The van der Waals surface area contributed by atoms with Crippen LogP contribution in [0.1, 0.15) is 26.2 Å². The van der Waals surface area contributed by atoms with Crippen LogP contribution >= 0.6 is 12.2 Å². The Morgan fingerprint density at radius 1 is 1.50 bits per heavy atom. The van der Waals surface area contributed by atoms with E-state index in [4.69, 9.17) is 27.4 Å². The molecular formula is C11H18N4O2S. The van der Waals surface area contributed by atoms with Crippen LogP contribution in [0, 0.1) is 0 Å². The molecule has 0 fully saturated rings. The van der Waals surface area contributed by atoms with Crippen molar-refractivity contribution in [2.75, 3.05) is 19.0 Å². The smallest absolute Gasteiger partial charge is 0.319 e. The molecule has 18 heavy (non-hydrogen) atoms. The number of nitrogens with zero attached hydrogens (tertiary/aromatic N) is 2. The van der Waals surface area contributed by atoms with E-state index in [2.05, 4.69) is 22.2 Å². The van der Waals surface area contributed by atoms with Gasteiger partial charge in [-0.25, -0.2) is 4.98 Å². The van der Waals surface area contributed by atoms with Gasteiger partial charge in [-0.2, -0.15) is 4.98 Å². The van der Waals surface area contributed by atoms with E-state index >= 15 is 0 Å². The molecule has 0 aliphatic carbocycles. The first-order chi connectivity index (χ1) is 8.67. The number of hydrogen-bond acceptors (Lipinski definition) is 5. The SMILES string of the molecule is CCCCCOc1nc(OC)ncc1NC(N)=S. The summed E-state index contributed by atoms with van der Waals surface area (Å²) in [4.78, 5) is 8.07. The molecule has 1 aromatic rings. The molecule has 0 saturated heterocycles. The van der Waals surface area contributed by atoms with Gasteiger partial charge in [-0.1, -0.05) is 19.8 Å². The first kappa shape index (κ1) is 14.4. The number of hydrogen-bond donors (Lipinski definition) is 2. The van der Waals surface area contributed by atoms with E-state index in [1.165, 1.54) is 13.3 Å². The third kappa shape index (κ3) is 4.70. The number of anilines is 1. The molecule has 7 heteroatoms. The molecule has 1 heterocycles. The third-order valence-corrected chi connectivity index (χ3v) is 2.26. The van der Waals surface area contributed by atoms with Crippen molar-refractivity contribution in [3.8, 4) is 11.9 Å². The normalized spacial score (nSPS) is 9.89. The van der Waals surface area contributed by atoms with Gasteiger partial charge in [-0.3, -0.25) is 0 Å². The largest absolute Gasteiger partial charge is 0.476 e. The van der Waals surface area contributed by atoms with E-state index in [1.54, 1.807) is 0 Å². The highest BCUT2D eigenvalue weighted by molar-refractivity contribution is 7.80. The number of nitrogens with two attached hydrogens (primary N) is 1. The molecule has 0 aliphatic heterocycles. The maximum absolute atomic E-state index is 5.57. The van der Waals surface area contributed by atoms with Crippen LogP contribution in [-0.4, -0.2) is 28.8 Å². The van der Waals surface area contributed by atoms with Crippen molar-refractivity contribution in [3.05, 3.63) is 6.20 Å². The number of ether oxygens (including phenoxy) is 2. The summed E-state index contributed by atoms with van der Waals surface area (Å²) in [5.41, 5.74) is 5.96. The number of thiocarbonyl (C=S) groups is 1. The Kier molecular flexibility index (Phi) is 6.13. The zero-order chi connectivity index (χ0) is 13.4. The summed E-state index contributed by atoms with van der Waals surface area (Å²) in [7, 11) is 1.50. The maximum Gasteiger partial charge on any atom is 0.319 e. The van der Waals surface area contributed by atoms with Gasteiger partial charge in [-0.15, -0.1) is 0 Å². The first-order valence-electron chi connectivity index (χ1n) is 5.77. The highest BCUT2D eigenvalue weighted by Crippen LogP contribution is 2.23. The lowest BCUT2D eigenvalue weighted by molar-refractivity contribution is 0.287. The second-order valence-electron chi connectivity index (χ2n) is 3.62. The van der Waals surface area contributed by atoms with Crippen molar-refractivity contribution in [1.29, 1.82) is 0 Å². The second-order valence-corrected chi connectivity index (χ2v) is 4.06. The molecule has 1 rings (SSSR count). The molecule has 0 spiro atoms.